The molecule has 5 heteroatoms. The van der Waals surface area contributed by atoms with Crippen LogP contribution in [0.2, 0.25) is 0 Å². The minimum Gasteiger partial charge on any atom is -0.491 e. The minimum absolute atomic E-state index is 0.0321. The summed E-state index contributed by atoms with van der Waals surface area (Å²) in [5.74, 6) is -0.780. The first kappa shape index (κ1) is 13.7. The second-order valence-electron chi connectivity index (χ2n) is 5.35. The van der Waals surface area contributed by atoms with Crippen LogP contribution in [0.15, 0.2) is 41.8 Å². The molecule has 0 saturated heterocycles. The van der Waals surface area contributed by atoms with Gasteiger partial charge in [-0.3, -0.25) is 4.79 Å². The van der Waals surface area contributed by atoms with Crippen molar-refractivity contribution in [3.8, 4) is 0 Å². The number of carbonyl (C=O) groups is 2. The third-order valence-corrected chi connectivity index (χ3v) is 3.71. The summed E-state index contributed by atoms with van der Waals surface area (Å²) in [5, 5.41) is 9.44. The number of amides is 1. The Morgan fingerprint density at radius 3 is 2.57 bits per heavy atom. The van der Waals surface area contributed by atoms with Gasteiger partial charge >= 0.3 is 5.97 Å². The molecule has 1 fully saturated rings. The largest absolute Gasteiger partial charge is 0.491 e. The Bertz CT molecular complexity index is 590. The number of ether oxygens (including phenoxy) is 1. The zero-order valence-corrected chi connectivity index (χ0v) is 11.6. The molecule has 0 spiro atoms. The van der Waals surface area contributed by atoms with Crippen LogP contribution < -0.4 is 0 Å². The third-order valence-electron chi connectivity index (χ3n) is 3.71. The molecule has 21 heavy (non-hydrogen) atoms. The highest BCUT2D eigenvalue weighted by Crippen LogP contribution is 2.36. The van der Waals surface area contributed by atoms with Gasteiger partial charge in [-0.1, -0.05) is 30.3 Å². The van der Waals surface area contributed by atoms with Crippen molar-refractivity contribution in [3.05, 3.63) is 47.4 Å². The van der Waals surface area contributed by atoms with E-state index in [0.29, 0.717) is 25.2 Å². The zero-order valence-electron chi connectivity index (χ0n) is 11.6. The highest BCUT2D eigenvalue weighted by Gasteiger charge is 2.41. The van der Waals surface area contributed by atoms with Crippen molar-refractivity contribution in [2.24, 2.45) is 0 Å². The summed E-state index contributed by atoms with van der Waals surface area (Å²) in [6.45, 7) is 0.319. The van der Waals surface area contributed by atoms with Crippen LogP contribution in [0, 0.1) is 0 Å². The number of nitrogens with zero attached hydrogens (tertiary/aromatic N) is 1. The molecule has 0 aromatic heterocycles. The number of carboxylic acids is 1. The second kappa shape index (κ2) is 5.60. The maximum absolute atomic E-state index is 12.0. The van der Waals surface area contributed by atoms with E-state index < -0.39 is 5.97 Å². The van der Waals surface area contributed by atoms with Crippen LogP contribution in [0.4, 0.5) is 0 Å². The van der Waals surface area contributed by atoms with E-state index in [1.807, 2.05) is 30.3 Å². The molecule has 1 aromatic rings. The van der Waals surface area contributed by atoms with Crippen LogP contribution in [0.5, 0.6) is 0 Å². The molecular weight excluding hydrogens is 270 g/mol. The molecule has 1 aliphatic carbocycles. The normalized spacial score (nSPS) is 18.9. The van der Waals surface area contributed by atoms with Gasteiger partial charge in [0.25, 0.3) is 0 Å². The molecule has 1 amide bonds. The van der Waals surface area contributed by atoms with Crippen LogP contribution >= 0.6 is 0 Å². The van der Waals surface area contributed by atoms with E-state index in [2.05, 4.69) is 0 Å². The van der Waals surface area contributed by atoms with Gasteiger partial charge in [0.1, 0.15) is 12.4 Å². The number of benzene rings is 1. The fourth-order valence-corrected chi connectivity index (χ4v) is 2.54. The quantitative estimate of drug-likeness (QED) is 0.902. The molecule has 3 rings (SSSR count). The van der Waals surface area contributed by atoms with E-state index in [1.165, 1.54) is 4.90 Å². The van der Waals surface area contributed by atoms with Crippen LogP contribution in [-0.2, 0) is 20.9 Å². The molecule has 2 aliphatic rings. The fraction of sp³-hybridized carbons (Fsp3) is 0.375. The lowest BCUT2D eigenvalue weighted by Crippen LogP contribution is -2.39. The van der Waals surface area contributed by atoms with Crippen LogP contribution in [0.1, 0.15) is 31.2 Å². The van der Waals surface area contributed by atoms with E-state index in [9.17, 15) is 14.7 Å². The topological polar surface area (TPSA) is 66.8 Å². The average molecular weight is 287 g/mol. The summed E-state index contributed by atoms with van der Waals surface area (Å²) in [5.41, 5.74) is 1.01. The number of hydrogen-bond acceptors (Lipinski definition) is 3. The first-order valence-corrected chi connectivity index (χ1v) is 7.12. The van der Waals surface area contributed by atoms with Crippen LogP contribution in [-0.4, -0.2) is 27.9 Å². The molecule has 5 nitrogen and oxygen atoms in total. The third kappa shape index (κ3) is 2.91. The molecule has 1 N–H and O–H groups in total. The molecular formula is C16H17NO4. The molecule has 0 radical (unpaired) electrons. The number of rotatable bonds is 5. The van der Waals surface area contributed by atoms with E-state index >= 15 is 0 Å². The number of allylic oxidation sites excluding steroid dienone is 1. The van der Waals surface area contributed by atoms with Gasteiger partial charge in [-0.2, -0.15) is 0 Å². The Morgan fingerprint density at radius 2 is 1.95 bits per heavy atom. The lowest BCUT2D eigenvalue weighted by atomic mass is 10.1. The van der Waals surface area contributed by atoms with Gasteiger partial charge in [0, 0.05) is 18.9 Å². The highest BCUT2D eigenvalue weighted by molar-refractivity contribution is 5.95. The number of aliphatic carboxylic acids is 1. The second-order valence-corrected chi connectivity index (χ2v) is 5.35. The Hall–Kier alpha value is -2.30. The smallest absolute Gasteiger partial charge is 0.356 e. The first-order valence-electron chi connectivity index (χ1n) is 7.12. The molecule has 0 bridgehead atoms. The van der Waals surface area contributed by atoms with Crippen LogP contribution in [0.3, 0.4) is 0 Å². The molecule has 0 unspecified atom stereocenters. The maximum atomic E-state index is 12.0. The lowest BCUT2D eigenvalue weighted by Gasteiger charge is -2.29. The van der Waals surface area contributed by atoms with Gasteiger partial charge in [0.2, 0.25) is 5.91 Å². The summed E-state index contributed by atoms with van der Waals surface area (Å²) >= 11 is 0. The first-order chi connectivity index (χ1) is 10.2. The predicted octanol–water partition coefficient (Wildman–Crippen LogP) is 2.28. The van der Waals surface area contributed by atoms with E-state index in [0.717, 1.165) is 18.4 Å². The Morgan fingerprint density at radius 1 is 1.24 bits per heavy atom. The molecule has 0 atom stereocenters. The van der Waals surface area contributed by atoms with Gasteiger partial charge in [0.05, 0.1) is 0 Å². The van der Waals surface area contributed by atoms with Gasteiger partial charge in [0.15, 0.2) is 5.70 Å². The summed E-state index contributed by atoms with van der Waals surface area (Å²) in [7, 11) is 0. The summed E-state index contributed by atoms with van der Waals surface area (Å²) < 4.78 is 5.70. The SMILES string of the molecule is O=C(O)C1=C(OCc2ccccc2)CCC(=O)N1C1CC1. The van der Waals surface area contributed by atoms with E-state index in [-0.39, 0.29) is 17.6 Å². The number of hydrogen-bond donors (Lipinski definition) is 1. The standard InChI is InChI=1S/C16H17NO4/c18-14-9-8-13(21-10-11-4-2-1-3-5-11)15(16(19)20)17(14)12-6-7-12/h1-5,12H,6-10H2,(H,19,20). The van der Waals surface area contributed by atoms with Crippen molar-refractivity contribution in [2.75, 3.05) is 0 Å². The molecule has 1 aliphatic heterocycles. The molecule has 1 heterocycles. The Labute approximate surface area is 122 Å². The molecule has 1 aromatic carbocycles. The number of carboxylic acid groups (broad SMARTS) is 1. The number of carbonyl (C=O) groups excluding carboxylic acids is 1. The average Bonchev–Trinajstić information content (AvgIpc) is 3.31. The van der Waals surface area contributed by atoms with Crippen molar-refractivity contribution < 1.29 is 19.4 Å². The Balaban J connectivity index is 1.82. The zero-order chi connectivity index (χ0) is 14.8. The van der Waals surface area contributed by atoms with E-state index in [1.54, 1.807) is 0 Å². The molecule has 1 saturated carbocycles. The van der Waals surface area contributed by atoms with Crippen molar-refractivity contribution in [2.45, 2.75) is 38.3 Å². The van der Waals surface area contributed by atoms with Gasteiger partial charge < -0.3 is 14.7 Å². The van der Waals surface area contributed by atoms with Crippen molar-refractivity contribution >= 4 is 11.9 Å². The van der Waals surface area contributed by atoms with E-state index in [4.69, 9.17) is 4.74 Å². The van der Waals surface area contributed by atoms with Gasteiger partial charge in [-0.15, -0.1) is 0 Å². The predicted molar refractivity (Wildman–Crippen MR) is 75.0 cm³/mol. The summed E-state index contributed by atoms with van der Waals surface area (Å²) in [6.07, 6.45) is 2.41. The van der Waals surface area contributed by atoms with Gasteiger partial charge in [-0.25, -0.2) is 4.79 Å². The summed E-state index contributed by atoms with van der Waals surface area (Å²) in [4.78, 5) is 24.9. The summed E-state index contributed by atoms with van der Waals surface area (Å²) in [6, 6.07) is 9.62. The monoisotopic (exact) mass is 287 g/mol. The fourth-order valence-electron chi connectivity index (χ4n) is 2.54. The lowest BCUT2D eigenvalue weighted by molar-refractivity contribution is -0.141. The van der Waals surface area contributed by atoms with Crippen molar-refractivity contribution in [1.82, 2.24) is 4.90 Å². The molecule has 110 valence electrons. The van der Waals surface area contributed by atoms with Crippen LogP contribution in [0.25, 0.3) is 0 Å². The highest BCUT2D eigenvalue weighted by atomic mass is 16.5. The van der Waals surface area contributed by atoms with Crippen molar-refractivity contribution in [1.29, 1.82) is 0 Å². The Kier molecular flexibility index (Phi) is 3.64. The minimum atomic E-state index is -1.09. The van der Waals surface area contributed by atoms with Gasteiger partial charge in [-0.05, 0) is 18.4 Å². The van der Waals surface area contributed by atoms with Crippen molar-refractivity contribution in [3.63, 3.8) is 0 Å². The maximum Gasteiger partial charge on any atom is 0.356 e.